The Morgan fingerprint density at radius 3 is 2.73 bits per heavy atom. The fourth-order valence-electron chi connectivity index (χ4n) is 0.861. The Morgan fingerprint density at radius 1 is 1.40 bits per heavy atom. The summed E-state index contributed by atoms with van der Waals surface area (Å²) in [5.41, 5.74) is 8.15. The van der Waals surface area contributed by atoms with E-state index in [2.05, 4.69) is 14.4 Å². The Kier molecular flexibility index (Phi) is 3.20. The molecule has 7 nitrogen and oxygen atoms in total. The second-order valence-corrected chi connectivity index (χ2v) is 3.93. The molecule has 8 heteroatoms. The molecule has 0 aliphatic rings. The SMILES string of the molecule is [N-]=[N+]=NS(=O)(=O)c1cccc(N=C=O)c1. The molecular formula is C7H4N4O3S. The summed E-state index contributed by atoms with van der Waals surface area (Å²) < 4.78 is 25.1. The number of benzene rings is 1. The maximum atomic E-state index is 11.2. The molecule has 1 aromatic carbocycles. The van der Waals surface area contributed by atoms with E-state index in [1.807, 2.05) is 0 Å². The number of carbonyl (C=O) groups excluding carboxylic acids is 1. The first-order valence-electron chi connectivity index (χ1n) is 3.59. The van der Waals surface area contributed by atoms with Gasteiger partial charge in [0.1, 0.15) is 0 Å². The molecule has 0 saturated heterocycles. The summed E-state index contributed by atoms with van der Waals surface area (Å²) in [6, 6.07) is 5.12. The van der Waals surface area contributed by atoms with Crippen LogP contribution in [0.4, 0.5) is 5.69 Å². The molecular weight excluding hydrogens is 220 g/mol. The molecule has 0 fully saturated rings. The minimum absolute atomic E-state index is 0.124. The molecule has 76 valence electrons. The van der Waals surface area contributed by atoms with Crippen molar-refractivity contribution in [2.75, 3.05) is 0 Å². The third-order valence-electron chi connectivity index (χ3n) is 1.43. The summed E-state index contributed by atoms with van der Waals surface area (Å²) in [4.78, 5) is 15.1. The quantitative estimate of drug-likeness (QED) is 0.255. The van der Waals surface area contributed by atoms with Crippen molar-refractivity contribution >= 4 is 21.8 Å². The van der Waals surface area contributed by atoms with Gasteiger partial charge in [0.05, 0.1) is 10.6 Å². The van der Waals surface area contributed by atoms with Crippen molar-refractivity contribution in [3.63, 3.8) is 0 Å². The van der Waals surface area contributed by atoms with Crippen molar-refractivity contribution < 1.29 is 13.2 Å². The average molecular weight is 224 g/mol. The highest BCUT2D eigenvalue weighted by Crippen LogP contribution is 2.19. The van der Waals surface area contributed by atoms with E-state index < -0.39 is 10.0 Å². The van der Waals surface area contributed by atoms with Crippen molar-refractivity contribution in [2.24, 2.45) is 9.51 Å². The van der Waals surface area contributed by atoms with Crippen molar-refractivity contribution in [3.05, 3.63) is 34.7 Å². The number of isocyanates is 1. The molecule has 1 aromatic rings. The minimum Gasteiger partial charge on any atom is -0.216 e. The third-order valence-corrected chi connectivity index (χ3v) is 2.57. The molecule has 0 radical (unpaired) electrons. The van der Waals surface area contributed by atoms with Crippen LogP contribution in [0.2, 0.25) is 0 Å². The highest BCUT2D eigenvalue weighted by Gasteiger charge is 2.11. The van der Waals surface area contributed by atoms with Crippen LogP contribution in [-0.2, 0) is 14.8 Å². The lowest BCUT2D eigenvalue weighted by Crippen LogP contribution is -1.94. The lowest BCUT2D eigenvalue weighted by atomic mass is 10.3. The van der Waals surface area contributed by atoms with Crippen LogP contribution in [0.3, 0.4) is 0 Å². The zero-order valence-electron chi connectivity index (χ0n) is 7.23. The summed E-state index contributed by atoms with van der Waals surface area (Å²) in [6.07, 6.45) is 1.27. The zero-order chi connectivity index (χ0) is 11.3. The van der Waals surface area contributed by atoms with E-state index in [-0.39, 0.29) is 10.6 Å². The first kappa shape index (κ1) is 10.9. The topological polar surface area (TPSA) is 112 Å². The molecule has 0 N–H and O–H groups in total. The van der Waals surface area contributed by atoms with Gasteiger partial charge in [-0.2, -0.15) is 4.99 Å². The van der Waals surface area contributed by atoms with E-state index in [0.29, 0.717) is 0 Å². The van der Waals surface area contributed by atoms with Gasteiger partial charge < -0.3 is 0 Å². The molecule has 1 rings (SSSR count). The van der Waals surface area contributed by atoms with Gasteiger partial charge in [-0.25, -0.2) is 13.2 Å². The molecule has 0 bridgehead atoms. The van der Waals surface area contributed by atoms with Crippen molar-refractivity contribution in [3.8, 4) is 0 Å². The molecule has 0 unspecified atom stereocenters. The molecule has 0 spiro atoms. The van der Waals surface area contributed by atoms with Crippen LogP contribution >= 0.6 is 0 Å². The average Bonchev–Trinajstić information content (AvgIpc) is 2.19. The fourth-order valence-corrected chi connectivity index (χ4v) is 1.57. The lowest BCUT2D eigenvalue weighted by molar-refractivity contribution is 0.565. The van der Waals surface area contributed by atoms with Gasteiger partial charge >= 0.3 is 0 Å². The van der Waals surface area contributed by atoms with Crippen LogP contribution < -0.4 is 0 Å². The highest BCUT2D eigenvalue weighted by atomic mass is 32.2. The largest absolute Gasteiger partial charge is 0.264 e. The molecule has 0 amide bonds. The second-order valence-electron chi connectivity index (χ2n) is 2.35. The Balaban J connectivity index is 3.34. The molecule has 0 aliphatic heterocycles. The predicted molar refractivity (Wildman–Crippen MR) is 50.6 cm³/mol. The van der Waals surface area contributed by atoms with Crippen molar-refractivity contribution in [1.29, 1.82) is 0 Å². The van der Waals surface area contributed by atoms with E-state index in [1.165, 1.54) is 24.3 Å². The molecule has 0 heterocycles. The van der Waals surface area contributed by atoms with Crippen LogP contribution in [0.15, 0.2) is 38.7 Å². The van der Waals surface area contributed by atoms with Gasteiger partial charge in [0.2, 0.25) is 6.08 Å². The van der Waals surface area contributed by atoms with E-state index in [4.69, 9.17) is 5.53 Å². The van der Waals surface area contributed by atoms with Gasteiger partial charge in [-0.3, -0.25) is 0 Å². The van der Waals surface area contributed by atoms with Crippen LogP contribution in [0, 0.1) is 0 Å². The van der Waals surface area contributed by atoms with Crippen LogP contribution in [-0.4, -0.2) is 14.5 Å². The summed E-state index contributed by atoms with van der Waals surface area (Å²) in [6.45, 7) is 0. The second kappa shape index (κ2) is 4.39. The zero-order valence-corrected chi connectivity index (χ0v) is 8.05. The maximum Gasteiger partial charge on any atom is 0.264 e. The summed E-state index contributed by atoms with van der Waals surface area (Å²) in [7, 11) is -4.03. The Labute approximate surface area is 84.7 Å². The molecule has 0 saturated carbocycles. The summed E-state index contributed by atoms with van der Waals surface area (Å²) >= 11 is 0. The van der Waals surface area contributed by atoms with Gasteiger partial charge in [-0.15, -0.1) is 0 Å². The van der Waals surface area contributed by atoms with E-state index in [9.17, 15) is 13.2 Å². The summed E-state index contributed by atoms with van der Waals surface area (Å²) in [5, 5.41) is 0. The first-order valence-corrected chi connectivity index (χ1v) is 5.03. The maximum absolute atomic E-state index is 11.2. The molecule has 15 heavy (non-hydrogen) atoms. The van der Waals surface area contributed by atoms with Crippen LogP contribution in [0.5, 0.6) is 0 Å². The molecule has 0 aromatic heterocycles. The predicted octanol–water partition coefficient (Wildman–Crippen LogP) is 1.65. The van der Waals surface area contributed by atoms with Gasteiger partial charge in [0, 0.05) is 9.43 Å². The number of nitrogens with zero attached hydrogens (tertiary/aromatic N) is 4. The smallest absolute Gasteiger partial charge is 0.216 e. The number of sulfonamides is 1. The van der Waals surface area contributed by atoms with Crippen molar-refractivity contribution in [2.45, 2.75) is 4.90 Å². The number of azide groups is 1. The Morgan fingerprint density at radius 2 is 2.13 bits per heavy atom. The Bertz CT molecular complexity index is 568. The first-order chi connectivity index (χ1) is 7.10. The van der Waals surface area contributed by atoms with Gasteiger partial charge in [0.15, 0.2) is 0 Å². The van der Waals surface area contributed by atoms with E-state index in [1.54, 1.807) is 0 Å². The third kappa shape index (κ3) is 2.65. The van der Waals surface area contributed by atoms with Gasteiger partial charge in [-0.1, -0.05) is 6.07 Å². The van der Waals surface area contributed by atoms with Gasteiger partial charge in [0.25, 0.3) is 10.0 Å². The Hall–Kier alpha value is -2.14. The van der Waals surface area contributed by atoms with E-state index >= 15 is 0 Å². The molecule has 0 atom stereocenters. The molecule has 0 aliphatic carbocycles. The number of aliphatic imine (C=N–C) groups is 1. The number of hydrogen-bond acceptors (Lipinski definition) is 4. The lowest BCUT2D eigenvalue weighted by Gasteiger charge is -1.96. The number of hydrogen-bond donors (Lipinski definition) is 0. The minimum atomic E-state index is -4.03. The van der Waals surface area contributed by atoms with Crippen LogP contribution in [0.1, 0.15) is 0 Å². The normalized spacial score (nSPS) is 9.87. The monoisotopic (exact) mass is 224 g/mol. The fraction of sp³-hybridized carbons (Fsp3) is 0. The summed E-state index contributed by atoms with van der Waals surface area (Å²) in [5.74, 6) is 0. The number of rotatable bonds is 3. The van der Waals surface area contributed by atoms with Gasteiger partial charge in [-0.05, 0) is 23.7 Å². The highest BCUT2D eigenvalue weighted by molar-refractivity contribution is 7.90. The van der Waals surface area contributed by atoms with Crippen LogP contribution in [0.25, 0.3) is 10.4 Å². The standard InChI is InChI=1S/C7H4N4O3S/c8-10-11-15(13,14)7-3-1-2-6(4-7)9-5-12/h1-4H. The van der Waals surface area contributed by atoms with Crippen molar-refractivity contribution in [1.82, 2.24) is 0 Å². The van der Waals surface area contributed by atoms with E-state index in [0.717, 1.165) is 6.07 Å².